The highest BCUT2D eigenvalue weighted by Gasteiger charge is 2.37. The summed E-state index contributed by atoms with van der Waals surface area (Å²) in [6.45, 7) is 1.44. The van der Waals surface area contributed by atoms with Gasteiger partial charge in [0.2, 0.25) is 5.91 Å². The van der Waals surface area contributed by atoms with Gasteiger partial charge >= 0.3 is 0 Å². The predicted octanol–water partition coefficient (Wildman–Crippen LogP) is 4.07. The summed E-state index contributed by atoms with van der Waals surface area (Å²) in [6.07, 6.45) is 3.23. The van der Waals surface area contributed by atoms with Gasteiger partial charge in [0.1, 0.15) is 11.6 Å². The second kappa shape index (κ2) is 6.48. The molecule has 2 aromatic carbocycles. The molecule has 1 aromatic heterocycles. The number of hydrogen-bond donors (Lipinski definition) is 0. The second-order valence-electron chi connectivity index (χ2n) is 7.65. The molecule has 1 saturated carbocycles. The number of nitrogens with zero attached hydrogens (tertiary/aromatic N) is 3. The minimum absolute atomic E-state index is 0.104. The number of hydrogen-bond acceptors (Lipinski definition) is 2. The number of rotatable bonds is 5. The Labute approximate surface area is 157 Å². The zero-order chi connectivity index (χ0) is 18.4. The fraction of sp³-hybridized carbons (Fsp3) is 0.364. The number of imidazole rings is 1. The lowest BCUT2D eigenvalue weighted by Crippen LogP contribution is -2.51. The molecule has 5 heteroatoms. The summed E-state index contributed by atoms with van der Waals surface area (Å²) in [4.78, 5) is 19.2. The lowest BCUT2D eigenvalue weighted by Gasteiger charge is -2.41. The Kier molecular flexibility index (Phi) is 3.96. The van der Waals surface area contributed by atoms with E-state index in [4.69, 9.17) is 4.98 Å². The van der Waals surface area contributed by atoms with Gasteiger partial charge in [-0.05, 0) is 43.0 Å². The number of fused-ring (bicyclic) bond motifs is 1. The smallest absolute Gasteiger partial charge is 0.223 e. The Morgan fingerprint density at radius 1 is 1.07 bits per heavy atom. The molecule has 0 unspecified atom stereocenters. The summed E-state index contributed by atoms with van der Waals surface area (Å²) in [5.41, 5.74) is 2.83. The molecule has 1 saturated heterocycles. The number of para-hydroxylation sites is 2. The van der Waals surface area contributed by atoms with E-state index in [1.807, 2.05) is 23.1 Å². The maximum atomic E-state index is 13.7. The van der Waals surface area contributed by atoms with Crippen molar-refractivity contribution < 1.29 is 9.18 Å². The van der Waals surface area contributed by atoms with Crippen molar-refractivity contribution in [2.75, 3.05) is 13.1 Å². The van der Waals surface area contributed by atoms with Gasteiger partial charge < -0.3 is 9.47 Å². The van der Waals surface area contributed by atoms with Gasteiger partial charge in [0.15, 0.2) is 0 Å². The van der Waals surface area contributed by atoms with Crippen LogP contribution in [0, 0.1) is 5.82 Å². The zero-order valence-electron chi connectivity index (χ0n) is 15.1. The lowest BCUT2D eigenvalue weighted by atomic mass is 10.0. The number of carbonyl (C=O) groups excluding carboxylic acids is 1. The topological polar surface area (TPSA) is 38.1 Å². The number of likely N-dealkylation sites (tertiary alicyclic amines) is 1. The Balaban J connectivity index is 1.27. The Morgan fingerprint density at radius 3 is 2.59 bits per heavy atom. The fourth-order valence-corrected chi connectivity index (χ4v) is 4.00. The average Bonchev–Trinajstić information content (AvgIpc) is 3.42. The second-order valence-corrected chi connectivity index (χ2v) is 7.65. The third kappa shape index (κ3) is 3.01. The van der Waals surface area contributed by atoms with Gasteiger partial charge in [0.05, 0.1) is 17.1 Å². The third-order valence-electron chi connectivity index (χ3n) is 5.71. The van der Waals surface area contributed by atoms with Crippen LogP contribution in [-0.2, 0) is 11.2 Å². The van der Waals surface area contributed by atoms with Gasteiger partial charge in [0.25, 0.3) is 0 Å². The molecule has 0 spiro atoms. The molecule has 1 aliphatic carbocycles. The van der Waals surface area contributed by atoms with E-state index in [2.05, 4.69) is 16.7 Å². The van der Waals surface area contributed by atoms with Crippen molar-refractivity contribution in [2.24, 2.45) is 0 Å². The van der Waals surface area contributed by atoms with E-state index in [1.54, 1.807) is 12.1 Å². The molecule has 0 atom stereocenters. The van der Waals surface area contributed by atoms with Crippen LogP contribution in [0.3, 0.4) is 0 Å². The molecule has 0 radical (unpaired) electrons. The van der Waals surface area contributed by atoms with Crippen molar-refractivity contribution in [3.8, 4) is 0 Å². The predicted molar refractivity (Wildman–Crippen MR) is 102 cm³/mol. The standard InChI is InChI=1S/C22H22FN3O/c23-18-6-2-1-5-15(18)11-12-21(27)25-13-17(14-25)26-20-8-4-3-7-19(20)24-22(26)16-9-10-16/h1-8,16-17H,9-14H2. The number of aryl methyl sites for hydroxylation is 1. The van der Waals surface area contributed by atoms with Crippen molar-refractivity contribution in [1.82, 2.24) is 14.5 Å². The van der Waals surface area contributed by atoms with E-state index in [0.29, 0.717) is 30.4 Å². The molecule has 1 amide bonds. The fourth-order valence-electron chi connectivity index (χ4n) is 4.00. The summed E-state index contributed by atoms with van der Waals surface area (Å²) in [5, 5.41) is 0. The van der Waals surface area contributed by atoms with Crippen molar-refractivity contribution in [3.63, 3.8) is 0 Å². The molecule has 4 nitrogen and oxygen atoms in total. The summed E-state index contributed by atoms with van der Waals surface area (Å²) in [5.74, 6) is 1.63. The highest BCUT2D eigenvalue weighted by molar-refractivity contribution is 5.79. The quantitative estimate of drug-likeness (QED) is 0.685. The first-order valence-electron chi connectivity index (χ1n) is 9.69. The number of carbonyl (C=O) groups is 1. The van der Waals surface area contributed by atoms with E-state index >= 15 is 0 Å². The molecule has 2 heterocycles. The molecular formula is C22H22FN3O. The summed E-state index contributed by atoms with van der Waals surface area (Å²) in [6, 6.07) is 15.2. The molecule has 0 bridgehead atoms. The third-order valence-corrected chi connectivity index (χ3v) is 5.71. The maximum absolute atomic E-state index is 13.7. The number of amides is 1. The number of benzene rings is 2. The Morgan fingerprint density at radius 2 is 1.81 bits per heavy atom. The molecule has 138 valence electrons. The van der Waals surface area contributed by atoms with E-state index < -0.39 is 0 Å². The lowest BCUT2D eigenvalue weighted by molar-refractivity contribution is -0.136. The van der Waals surface area contributed by atoms with Gasteiger partial charge in [-0.15, -0.1) is 0 Å². The van der Waals surface area contributed by atoms with Crippen LogP contribution >= 0.6 is 0 Å². The van der Waals surface area contributed by atoms with Crippen LogP contribution in [-0.4, -0.2) is 33.4 Å². The summed E-state index contributed by atoms with van der Waals surface area (Å²) in [7, 11) is 0. The van der Waals surface area contributed by atoms with Crippen LogP contribution in [0.15, 0.2) is 48.5 Å². The molecule has 3 aromatic rings. The van der Waals surface area contributed by atoms with Crippen LogP contribution in [0.5, 0.6) is 0 Å². The Bertz CT molecular complexity index is 1000. The van der Waals surface area contributed by atoms with Crippen molar-refractivity contribution in [3.05, 3.63) is 65.7 Å². The molecular weight excluding hydrogens is 341 g/mol. The molecule has 2 fully saturated rings. The summed E-state index contributed by atoms with van der Waals surface area (Å²) >= 11 is 0. The van der Waals surface area contributed by atoms with E-state index in [9.17, 15) is 9.18 Å². The monoisotopic (exact) mass is 363 g/mol. The molecule has 1 aliphatic heterocycles. The van der Waals surface area contributed by atoms with Gasteiger partial charge in [-0.3, -0.25) is 4.79 Å². The van der Waals surface area contributed by atoms with Crippen LogP contribution < -0.4 is 0 Å². The first-order chi connectivity index (χ1) is 13.2. The maximum Gasteiger partial charge on any atom is 0.223 e. The van der Waals surface area contributed by atoms with E-state index in [1.165, 1.54) is 30.2 Å². The minimum Gasteiger partial charge on any atom is -0.338 e. The van der Waals surface area contributed by atoms with Crippen molar-refractivity contribution in [2.45, 2.75) is 37.6 Å². The van der Waals surface area contributed by atoms with Crippen molar-refractivity contribution in [1.29, 1.82) is 0 Å². The average molecular weight is 363 g/mol. The van der Waals surface area contributed by atoms with Crippen LogP contribution in [0.2, 0.25) is 0 Å². The molecule has 2 aliphatic rings. The zero-order valence-corrected chi connectivity index (χ0v) is 15.1. The molecule has 27 heavy (non-hydrogen) atoms. The number of halogens is 1. The van der Waals surface area contributed by atoms with Gasteiger partial charge in [-0.25, -0.2) is 9.37 Å². The molecule has 0 N–H and O–H groups in total. The van der Waals surface area contributed by atoms with Gasteiger partial charge in [0, 0.05) is 25.4 Å². The first kappa shape index (κ1) is 16.5. The first-order valence-corrected chi connectivity index (χ1v) is 9.69. The highest BCUT2D eigenvalue weighted by atomic mass is 19.1. The van der Waals surface area contributed by atoms with Crippen LogP contribution in [0.1, 0.15) is 42.6 Å². The normalized spacial score (nSPS) is 17.3. The number of aromatic nitrogens is 2. The SMILES string of the molecule is O=C(CCc1ccccc1F)N1CC(n2c(C3CC3)nc3ccccc32)C1. The highest BCUT2D eigenvalue weighted by Crippen LogP contribution is 2.42. The van der Waals surface area contributed by atoms with Crippen molar-refractivity contribution >= 4 is 16.9 Å². The van der Waals surface area contributed by atoms with Gasteiger partial charge in [-0.2, -0.15) is 0 Å². The molecule has 5 rings (SSSR count). The van der Waals surface area contributed by atoms with Gasteiger partial charge in [-0.1, -0.05) is 30.3 Å². The van der Waals surface area contributed by atoms with E-state index in [0.717, 1.165) is 18.6 Å². The van der Waals surface area contributed by atoms with Crippen LogP contribution in [0.4, 0.5) is 4.39 Å². The van der Waals surface area contributed by atoms with Crippen LogP contribution in [0.25, 0.3) is 11.0 Å². The largest absolute Gasteiger partial charge is 0.338 e. The van der Waals surface area contributed by atoms with E-state index in [-0.39, 0.29) is 11.7 Å². The Hall–Kier alpha value is -2.69. The summed E-state index contributed by atoms with van der Waals surface area (Å²) < 4.78 is 16.1. The minimum atomic E-state index is -0.231.